The summed E-state index contributed by atoms with van der Waals surface area (Å²) in [4.78, 5) is 21.7. The molecule has 0 saturated carbocycles. The lowest BCUT2D eigenvalue weighted by Gasteiger charge is -2.13. The number of rotatable bonds is 6. The summed E-state index contributed by atoms with van der Waals surface area (Å²) in [5.74, 6) is -0.863. The molecule has 4 N–H and O–H groups in total. The Hall–Kier alpha value is -2.05. The van der Waals surface area contributed by atoms with Gasteiger partial charge in [0.05, 0.1) is 6.20 Å². The van der Waals surface area contributed by atoms with Crippen LogP contribution in [0.15, 0.2) is 12.4 Å². The quantitative estimate of drug-likeness (QED) is 0.579. The lowest BCUT2D eigenvalue weighted by atomic mass is 10.2. The van der Waals surface area contributed by atoms with Crippen molar-refractivity contribution in [1.82, 2.24) is 20.8 Å². The van der Waals surface area contributed by atoms with Crippen molar-refractivity contribution in [1.29, 1.82) is 0 Å². The minimum Gasteiger partial charge on any atom is -0.481 e. The lowest BCUT2D eigenvalue weighted by Crippen LogP contribution is -2.40. The fraction of sp³-hybridized carbons (Fsp3) is 0.500. The summed E-state index contributed by atoms with van der Waals surface area (Å²) in [5.41, 5.74) is 0.873. The highest BCUT2D eigenvalue weighted by Gasteiger charge is 2.08. The Bertz CT molecular complexity index is 364. The highest BCUT2D eigenvalue weighted by Crippen LogP contribution is 1.96. The Labute approximate surface area is 98.6 Å². The topological polar surface area (TPSA) is 107 Å². The van der Waals surface area contributed by atoms with Crippen LogP contribution >= 0.6 is 0 Å². The highest BCUT2D eigenvalue weighted by molar-refractivity contribution is 5.74. The smallest absolute Gasteiger partial charge is 0.315 e. The molecule has 0 aliphatic heterocycles. The highest BCUT2D eigenvalue weighted by atomic mass is 16.4. The van der Waals surface area contributed by atoms with Crippen molar-refractivity contribution in [2.75, 3.05) is 0 Å². The fourth-order valence-corrected chi connectivity index (χ4v) is 1.24. The number of urea groups is 1. The van der Waals surface area contributed by atoms with E-state index in [1.54, 1.807) is 19.3 Å². The van der Waals surface area contributed by atoms with Crippen LogP contribution in [0, 0.1) is 0 Å². The summed E-state index contributed by atoms with van der Waals surface area (Å²) in [5, 5.41) is 20.2. The van der Waals surface area contributed by atoms with Crippen LogP contribution in [0.25, 0.3) is 0 Å². The van der Waals surface area contributed by atoms with Crippen molar-refractivity contribution in [2.45, 2.75) is 32.4 Å². The third-order valence-electron chi connectivity index (χ3n) is 2.18. The van der Waals surface area contributed by atoms with Crippen LogP contribution in [0.1, 0.15) is 25.3 Å². The second kappa shape index (κ2) is 6.51. The van der Waals surface area contributed by atoms with Crippen LogP contribution < -0.4 is 10.6 Å². The van der Waals surface area contributed by atoms with E-state index in [0.29, 0.717) is 13.0 Å². The molecule has 1 heterocycles. The largest absolute Gasteiger partial charge is 0.481 e. The minimum atomic E-state index is -0.863. The molecule has 0 aliphatic carbocycles. The summed E-state index contributed by atoms with van der Waals surface area (Å²) >= 11 is 0. The van der Waals surface area contributed by atoms with Gasteiger partial charge in [-0.05, 0) is 13.3 Å². The average Bonchev–Trinajstić information content (AvgIpc) is 2.76. The monoisotopic (exact) mass is 240 g/mol. The van der Waals surface area contributed by atoms with Gasteiger partial charge in [0.15, 0.2) is 0 Å². The molecule has 7 heteroatoms. The number of aromatic nitrogens is 2. The molecule has 1 aromatic rings. The molecule has 0 spiro atoms. The van der Waals surface area contributed by atoms with Gasteiger partial charge in [-0.15, -0.1) is 0 Å². The van der Waals surface area contributed by atoms with Gasteiger partial charge in [0.2, 0.25) is 0 Å². The van der Waals surface area contributed by atoms with Crippen molar-refractivity contribution in [2.24, 2.45) is 0 Å². The van der Waals surface area contributed by atoms with Gasteiger partial charge in [-0.2, -0.15) is 5.10 Å². The van der Waals surface area contributed by atoms with E-state index >= 15 is 0 Å². The van der Waals surface area contributed by atoms with Gasteiger partial charge in [-0.3, -0.25) is 9.89 Å². The zero-order chi connectivity index (χ0) is 12.7. The maximum Gasteiger partial charge on any atom is 0.315 e. The summed E-state index contributed by atoms with van der Waals surface area (Å²) in [6.45, 7) is 2.15. The molecule has 0 aliphatic rings. The van der Waals surface area contributed by atoms with Gasteiger partial charge < -0.3 is 15.7 Å². The summed E-state index contributed by atoms with van der Waals surface area (Å²) < 4.78 is 0. The predicted octanol–water partition coefficient (Wildman–Crippen LogP) is 0.462. The van der Waals surface area contributed by atoms with Gasteiger partial charge >= 0.3 is 12.0 Å². The molecular formula is C10H16N4O3. The Morgan fingerprint density at radius 1 is 1.59 bits per heavy atom. The van der Waals surface area contributed by atoms with Gasteiger partial charge in [0, 0.05) is 30.8 Å². The number of carboxylic acids is 1. The van der Waals surface area contributed by atoms with E-state index in [0.717, 1.165) is 5.56 Å². The molecule has 0 saturated heterocycles. The van der Waals surface area contributed by atoms with Gasteiger partial charge in [-0.25, -0.2) is 4.79 Å². The molecule has 2 amide bonds. The summed E-state index contributed by atoms with van der Waals surface area (Å²) in [6.07, 6.45) is 3.76. The zero-order valence-electron chi connectivity index (χ0n) is 9.56. The first-order valence-corrected chi connectivity index (χ1v) is 5.31. The molecule has 17 heavy (non-hydrogen) atoms. The number of hydrogen-bond donors (Lipinski definition) is 4. The van der Waals surface area contributed by atoms with Gasteiger partial charge in [-0.1, -0.05) is 0 Å². The van der Waals surface area contributed by atoms with Gasteiger partial charge in [0.1, 0.15) is 0 Å². The van der Waals surface area contributed by atoms with Crippen molar-refractivity contribution < 1.29 is 14.7 Å². The normalized spacial score (nSPS) is 11.8. The number of carbonyl (C=O) groups excluding carboxylic acids is 1. The first-order chi connectivity index (χ1) is 8.08. The maximum atomic E-state index is 11.4. The maximum absolute atomic E-state index is 11.4. The second-order valence-electron chi connectivity index (χ2n) is 3.77. The van der Waals surface area contributed by atoms with E-state index in [1.165, 1.54) is 0 Å². The van der Waals surface area contributed by atoms with E-state index in [-0.39, 0.29) is 18.5 Å². The molecule has 1 aromatic heterocycles. The molecule has 0 radical (unpaired) electrons. The summed E-state index contributed by atoms with van der Waals surface area (Å²) in [6, 6.07) is -0.487. The number of nitrogens with one attached hydrogen (secondary N) is 3. The predicted molar refractivity (Wildman–Crippen MR) is 60.3 cm³/mol. The Balaban J connectivity index is 2.18. The molecule has 1 atom stereocenters. The SMILES string of the molecule is CC(CCC(=O)O)NC(=O)NCc1cn[nH]c1. The molecule has 1 rings (SSSR count). The number of amides is 2. The van der Waals surface area contributed by atoms with Crippen LogP contribution in [0.5, 0.6) is 0 Å². The van der Waals surface area contributed by atoms with E-state index in [4.69, 9.17) is 5.11 Å². The molecule has 94 valence electrons. The fourth-order valence-electron chi connectivity index (χ4n) is 1.24. The molecule has 0 aromatic carbocycles. The van der Waals surface area contributed by atoms with E-state index in [9.17, 15) is 9.59 Å². The van der Waals surface area contributed by atoms with Crippen LogP contribution in [-0.2, 0) is 11.3 Å². The third kappa shape index (κ3) is 5.55. The van der Waals surface area contributed by atoms with Crippen molar-refractivity contribution >= 4 is 12.0 Å². The standard InChI is InChI=1S/C10H16N4O3/c1-7(2-3-9(15)16)14-10(17)11-4-8-5-12-13-6-8/h5-7H,2-4H2,1H3,(H,12,13)(H,15,16)(H2,11,14,17). The molecule has 7 nitrogen and oxygen atoms in total. The van der Waals surface area contributed by atoms with E-state index in [2.05, 4.69) is 20.8 Å². The zero-order valence-corrected chi connectivity index (χ0v) is 9.56. The van der Waals surface area contributed by atoms with Crippen molar-refractivity contribution in [3.05, 3.63) is 18.0 Å². The van der Waals surface area contributed by atoms with Crippen LogP contribution in [0.4, 0.5) is 4.79 Å². The molecule has 0 fully saturated rings. The van der Waals surface area contributed by atoms with Crippen molar-refractivity contribution in [3.8, 4) is 0 Å². The van der Waals surface area contributed by atoms with Crippen LogP contribution in [-0.4, -0.2) is 33.3 Å². The number of carboxylic acid groups (broad SMARTS) is 1. The number of aromatic amines is 1. The van der Waals surface area contributed by atoms with Crippen LogP contribution in [0.2, 0.25) is 0 Å². The molecule has 1 unspecified atom stereocenters. The molecular weight excluding hydrogens is 224 g/mol. The lowest BCUT2D eigenvalue weighted by molar-refractivity contribution is -0.137. The average molecular weight is 240 g/mol. The first kappa shape index (κ1) is 13.0. The third-order valence-corrected chi connectivity index (χ3v) is 2.18. The minimum absolute atomic E-state index is 0.0448. The van der Waals surface area contributed by atoms with Crippen molar-refractivity contribution in [3.63, 3.8) is 0 Å². The Morgan fingerprint density at radius 3 is 2.94 bits per heavy atom. The molecule has 0 bridgehead atoms. The van der Waals surface area contributed by atoms with E-state index < -0.39 is 5.97 Å². The number of nitrogens with zero attached hydrogens (tertiary/aromatic N) is 1. The Kier molecular flexibility index (Phi) is 4.99. The Morgan fingerprint density at radius 2 is 2.35 bits per heavy atom. The second-order valence-corrected chi connectivity index (χ2v) is 3.77. The first-order valence-electron chi connectivity index (χ1n) is 5.31. The number of hydrogen-bond acceptors (Lipinski definition) is 3. The number of H-pyrrole nitrogens is 1. The number of carbonyl (C=O) groups is 2. The number of aliphatic carboxylic acids is 1. The van der Waals surface area contributed by atoms with Gasteiger partial charge in [0.25, 0.3) is 0 Å². The van der Waals surface area contributed by atoms with E-state index in [1.807, 2.05) is 0 Å². The summed E-state index contributed by atoms with van der Waals surface area (Å²) in [7, 11) is 0. The van der Waals surface area contributed by atoms with Crippen LogP contribution in [0.3, 0.4) is 0 Å².